The van der Waals surface area contributed by atoms with Crippen LogP contribution >= 0.6 is 23.4 Å². The number of aromatic nitrogens is 3. The van der Waals surface area contributed by atoms with Crippen LogP contribution in [0.2, 0.25) is 5.02 Å². The second-order valence-corrected chi connectivity index (χ2v) is 11.4. The van der Waals surface area contributed by atoms with Crippen molar-refractivity contribution in [3.63, 3.8) is 0 Å². The summed E-state index contributed by atoms with van der Waals surface area (Å²) in [6.45, 7) is 5.27. The van der Waals surface area contributed by atoms with Gasteiger partial charge in [0.2, 0.25) is 0 Å². The summed E-state index contributed by atoms with van der Waals surface area (Å²) in [5.74, 6) is 1.38. The van der Waals surface area contributed by atoms with Gasteiger partial charge in [0.1, 0.15) is 16.7 Å². The first-order valence-electron chi connectivity index (χ1n) is 11.6. The Hall–Kier alpha value is -2.59. The molecule has 0 amide bonds. The van der Waals surface area contributed by atoms with Gasteiger partial charge in [-0.15, -0.1) is 0 Å². The monoisotopic (exact) mass is 511 g/mol. The Kier molecular flexibility index (Phi) is 6.07. The van der Waals surface area contributed by atoms with Crippen LogP contribution in [0, 0.1) is 5.41 Å². The van der Waals surface area contributed by atoms with Crippen LogP contribution in [0.3, 0.4) is 0 Å². The number of rotatable bonds is 4. The molecule has 1 saturated heterocycles. The molecule has 184 valence electrons. The normalized spacial score (nSPS) is 19.2. The zero-order valence-electron chi connectivity index (χ0n) is 19.8. The van der Waals surface area contributed by atoms with Crippen molar-refractivity contribution in [1.82, 2.24) is 15.0 Å². The molecule has 10 heteroatoms. The fraction of sp³-hybridized carbons (Fsp3) is 0.400. The molecule has 1 aliphatic carbocycles. The lowest BCUT2D eigenvalue weighted by molar-refractivity contribution is 0.0784. The van der Waals surface area contributed by atoms with Gasteiger partial charge in [-0.3, -0.25) is 0 Å². The number of halogens is 1. The minimum absolute atomic E-state index is 0.0177. The number of nitrogen functional groups attached to an aromatic ring is 2. The lowest BCUT2D eigenvalue weighted by atomic mass is 9.73. The molecule has 8 nitrogen and oxygen atoms in total. The van der Waals surface area contributed by atoms with Crippen LogP contribution < -0.4 is 22.1 Å². The van der Waals surface area contributed by atoms with Gasteiger partial charge in [0, 0.05) is 30.2 Å². The predicted molar refractivity (Wildman–Crippen MR) is 140 cm³/mol. The summed E-state index contributed by atoms with van der Waals surface area (Å²) in [7, 11) is 0. The quantitative estimate of drug-likeness (QED) is 0.410. The molecule has 0 radical (unpaired) electrons. The number of hydrogen-bond acceptors (Lipinski definition) is 9. The molecule has 1 aliphatic heterocycles. The average molecular weight is 512 g/mol. The van der Waals surface area contributed by atoms with Crippen molar-refractivity contribution in [2.75, 3.05) is 29.5 Å². The van der Waals surface area contributed by atoms with Gasteiger partial charge in [0.15, 0.2) is 5.82 Å². The van der Waals surface area contributed by atoms with Crippen LogP contribution in [0.5, 0.6) is 0 Å². The van der Waals surface area contributed by atoms with E-state index in [1.54, 1.807) is 32.3 Å². The van der Waals surface area contributed by atoms with Gasteiger partial charge >= 0.3 is 0 Å². The van der Waals surface area contributed by atoms with E-state index in [9.17, 15) is 5.11 Å². The zero-order valence-corrected chi connectivity index (χ0v) is 21.4. The summed E-state index contributed by atoms with van der Waals surface area (Å²) in [6.07, 6.45) is 6.22. The van der Waals surface area contributed by atoms with Crippen LogP contribution in [0.4, 0.5) is 17.5 Å². The molecule has 1 aromatic carbocycles. The van der Waals surface area contributed by atoms with E-state index >= 15 is 0 Å². The molecule has 1 atom stereocenters. The minimum Gasteiger partial charge on any atom is -0.386 e. The molecule has 1 fully saturated rings. The Morgan fingerprint density at radius 3 is 2.57 bits per heavy atom. The number of pyridine rings is 1. The van der Waals surface area contributed by atoms with Gasteiger partial charge in [0.05, 0.1) is 16.8 Å². The minimum atomic E-state index is -0.883. The molecule has 0 saturated carbocycles. The van der Waals surface area contributed by atoms with Crippen molar-refractivity contribution in [1.29, 1.82) is 0 Å². The molecule has 5 rings (SSSR count). The van der Waals surface area contributed by atoms with Crippen molar-refractivity contribution in [2.45, 2.75) is 54.7 Å². The van der Waals surface area contributed by atoms with Crippen LogP contribution in [0.15, 0.2) is 46.6 Å². The summed E-state index contributed by atoms with van der Waals surface area (Å²) in [6, 6.07) is 7.97. The first kappa shape index (κ1) is 24.1. The Bertz CT molecular complexity index is 1270. The number of hydrogen-bond donors (Lipinski definition) is 4. The largest absolute Gasteiger partial charge is 0.386 e. The summed E-state index contributed by atoms with van der Waals surface area (Å²) >= 11 is 7.57. The van der Waals surface area contributed by atoms with Crippen LogP contribution in [-0.2, 0) is 12.0 Å². The number of fused-ring (bicyclic) bond motifs is 1. The maximum absolute atomic E-state index is 10.4. The Balaban J connectivity index is 1.29. The van der Waals surface area contributed by atoms with Crippen molar-refractivity contribution < 1.29 is 5.11 Å². The molecule has 1 spiro atoms. The van der Waals surface area contributed by atoms with Crippen LogP contribution in [0.1, 0.15) is 49.4 Å². The van der Waals surface area contributed by atoms with E-state index in [1.165, 1.54) is 22.9 Å². The summed E-state index contributed by atoms with van der Waals surface area (Å²) in [5.41, 5.74) is 21.4. The fourth-order valence-corrected chi connectivity index (χ4v) is 6.17. The zero-order chi connectivity index (χ0) is 25.0. The molecule has 3 aromatic rings. The highest BCUT2D eigenvalue weighted by Crippen LogP contribution is 2.51. The smallest absolute Gasteiger partial charge is 0.158 e. The molecular formula is C25H30ClN7OS. The Morgan fingerprint density at radius 1 is 1.14 bits per heavy atom. The van der Waals surface area contributed by atoms with Crippen molar-refractivity contribution in [3.05, 3.63) is 58.4 Å². The maximum Gasteiger partial charge on any atom is 0.158 e. The number of nitrogens with two attached hydrogens (primary N) is 3. The first-order chi connectivity index (χ1) is 16.6. The van der Waals surface area contributed by atoms with E-state index in [2.05, 4.69) is 32.0 Å². The van der Waals surface area contributed by atoms with E-state index in [4.69, 9.17) is 28.8 Å². The van der Waals surface area contributed by atoms with Gasteiger partial charge < -0.3 is 27.2 Å². The van der Waals surface area contributed by atoms with Crippen LogP contribution in [0.25, 0.3) is 0 Å². The third-order valence-corrected chi connectivity index (χ3v) is 8.89. The van der Waals surface area contributed by atoms with Gasteiger partial charge in [-0.2, -0.15) is 0 Å². The second kappa shape index (κ2) is 8.81. The van der Waals surface area contributed by atoms with Crippen molar-refractivity contribution in [3.8, 4) is 0 Å². The molecule has 7 N–H and O–H groups in total. The van der Waals surface area contributed by atoms with E-state index in [-0.39, 0.29) is 17.3 Å². The SMILES string of the molecule is CC(C)(O)c1ccc2c(c1)[C@@H](N)C1(CCN(c3cnc(Sc4ccnc(N)c4Cl)c(N)n3)CC1)C2. The van der Waals surface area contributed by atoms with E-state index in [0.717, 1.165) is 48.6 Å². The highest BCUT2D eigenvalue weighted by Gasteiger charge is 2.46. The number of benzene rings is 1. The Morgan fingerprint density at radius 2 is 1.89 bits per heavy atom. The molecule has 3 heterocycles. The van der Waals surface area contributed by atoms with Gasteiger partial charge in [-0.05, 0) is 61.3 Å². The summed E-state index contributed by atoms with van der Waals surface area (Å²) in [5, 5.41) is 11.4. The summed E-state index contributed by atoms with van der Waals surface area (Å²) < 4.78 is 0. The van der Waals surface area contributed by atoms with Crippen molar-refractivity contribution >= 4 is 40.8 Å². The molecule has 0 unspecified atom stereocenters. The van der Waals surface area contributed by atoms with Crippen molar-refractivity contribution in [2.24, 2.45) is 11.1 Å². The fourth-order valence-electron chi connectivity index (χ4n) is 5.15. The lowest BCUT2D eigenvalue weighted by Gasteiger charge is -2.42. The van der Waals surface area contributed by atoms with E-state index in [0.29, 0.717) is 15.9 Å². The number of aliphatic hydroxyl groups is 1. The molecule has 2 aliphatic rings. The standard InChI is InChI=1S/C25H30ClN7OS/c1-24(2,34)15-4-3-14-12-25(20(27)16(14)11-15)6-9-33(10-7-25)18-13-31-23(22(29)32-18)35-17-5-8-30-21(28)19(17)26/h3-5,8,11,13,20,34H,6-7,9-10,12,27H2,1-2H3,(H2,28,30)(H2,29,32)/t20-/m1/s1. The average Bonchev–Trinajstić information content (AvgIpc) is 3.08. The topological polar surface area (TPSA) is 140 Å². The Labute approximate surface area is 214 Å². The van der Waals surface area contributed by atoms with E-state index < -0.39 is 5.60 Å². The second-order valence-electron chi connectivity index (χ2n) is 10.0. The third-order valence-electron chi connectivity index (χ3n) is 7.31. The van der Waals surface area contributed by atoms with E-state index in [1.807, 2.05) is 6.07 Å². The number of anilines is 3. The number of nitrogens with zero attached hydrogens (tertiary/aromatic N) is 4. The molecule has 35 heavy (non-hydrogen) atoms. The third kappa shape index (κ3) is 4.42. The maximum atomic E-state index is 10.4. The van der Waals surface area contributed by atoms with Gasteiger partial charge in [-0.25, -0.2) is 15.0 Å². The van der Waals surface area contributed by atoms with Crippen LogP contribution in [-0.4, -0.2) is 33.1 Å². The number of piperidine rings is 1. The lowest BCUT2D eigenvalue weighted by Crippen LogP contribution is -2.44. The first-order valence-corrected chi connectivity index (χ1v) is 12.8. The van der Waals surface area contributed by atoms with Gasteiger partial charge in [-0.1, -0.05) is 41.6 Å². The predicted octanol–water partition coefficient (Wildman–Crippen LogP) is 3.91. The van der Waals surface area contributed by atoms with Gasteiger partial charge in [0.25, 0.3) is 0 Å². The molecule has 0 bridgehead atoms. The molecular weight excluding hydrogens is 482 g/mol. The highest BCUT2D eigenvalue weighted by atomic mass is 35.5. The summed E-state index contributed by atoms with van der Waals surface area (Å²) in [4.78, 5) is 16.1. The molecule has 2 aromatic heterocycles. The highest BCUT2D eigenvalue weighted by molar-refractivity contribution is 7.99.